The Morgan fingerprint density at radius 3 is 2.37 bits per heavy atom. The van der Waals surface area contributed by atoms with E-state index >= 15 is 0 Å². The lowest BCUT2D eigenvalue weighted by atomic mass is 9.96. The lowest BCUT2D eigenvalue weighted by molar-refractivity contribution is -0.123. The molecule has 160 valence electrons. The Hall–Kier alpha value is -2.93. The normalized spacial score (nSPS) is 15.0. The number of nitrogens with two attached hydrogens (primary N) is 1. The third kappa shape index (κ3) is 6.84. The lowest BCUT2D eigenvalue weighted by Crippen LogP contribution is -2.39. The number of nitrogens with zero attached hydrogens (tertiary/aromatic N) is 1. The number of halogens is 1. The summed E-state index contributed by atoms with van der Waals surface area (Å²) >= 11 is 0. The van der Waals surface area contributed by atoms with Crippen LogP contribution in [0.25, 0.3) is 0 Å². The summed E-state index contributed by atoms with van der Waals surface area (Å²) in [6.07, 6.45) is 2.80. The van der Waals surface area contributed by atoms with E-state index in [1.165, 1.54) is 29.8 Å². The molecule has 0 aliphatic carbocycles. The Kier molecular flexibility index (Phi) is 7.79. The molecule has 0 atom stereocenters. The molecule has 1 aliphatic heterocycles. The number of hydrogen-bond donors (Lipinski definition) is 2. The number of amides is 2. The minimum atomic E-state index is -0.323. The van der Waals surface area contributed by atoms with Crippen molar-refractivity contribution in [2.24, 2.45) is 11.7 Å². The van der Waals surface area contributed by atoms with E-state index in [0.29, 0.717) is 5.75 Å². The van der Waals surface area contributed by atoms with Crippen LogP contribution in [0.3, 0.4) is 0 Å². The van der Waals surface area contributed by atoms with Crippen LogP contribution in [0.4, 0.5) is 10.1 Å². The van der Waals surface area contributed by atoms with Crippen molar-refractivity contribution >= 4 is 17.5 Å². The van der Waals surface area contributed by atoms with Crippen LogP contribution in [-0.4, -0.2) is 43.0 Å². The molecule has 0 bridgehead atoms. The Labute approximate surface area is 176 Å². The van der Waals surface area contributed by atoms with Crippen molar-refractivity contribution in [3.63, 3.8) is 0 Å². The molecule has 2 aromatic carbocycles. The van der Waals surface area contributed by atoms with Crippen LogP contribution in [0.2, 0.25) is 0 Å². The summed E-state index contributed by atoms with van der Waals surface area (Å²) < 4.78 is 18.3. The molecule has 0 radical (unpaired) electrons. The van der Waals surface area contributed by atoms with E-state index in [4.69, 9.17) is 10.5 Å². The Balaban J connectivity index is 1.35. The van der Waals surface area contributed by atoms with Gasteiger partial charge in [-0.1, -0.05) is 12.1 Å². The standard InChI is InChI=1S/C23H28FN3O3/c24-19-3-7-21(8-4-19)30-16-12-22(28)26-20-5-1-17(2-6-20)9-13-27-14-10-18(11-15-27)23(25)29/h1-8,18H,9-16H2,(H2,25,29)(H,26,28). The van der Waals surface area contributed by atoms with Crippen LogP contribution >= 0.6 is 0 Å². The van der Waals surface area contributed by atoms with Gasteiger partial charge in [0.1, 0.15) is 11.6 Å². The van der Waals surface area contributed by atoms with Crippen LogP contribution in [0, 0.1) is 11.7 Å². The number of ether oxygens (including phenoxy) is 1. The van der Waals surface area contributed by atoms with Crippen molar-refractivity contribution in [2.45, 2.75) is 25.7 Å². The molecule has 1 fully saturated rings. The fourth-order valence-electron chi connectivity index (χ4n) is 3.50. The first kappa shape index (κ1) is 21.8. The second kappa shape index (κ2) is 10.7. The Morgan fingerprint density at radius 2 is 1.73 bits per heavy atom. The minimum absolute atomic E-state index is 0.0187. The quantitative estimate of drug-likeness (QED) is 0.662. The third-order valence-electron chi connectivity index (χ3n) is 5.36. The van der Waals surface area contributed by atoms with Crippen LogP contribution in [0.5, 0.6) is 5.75 Å². The molecule has 0 unspecified atom stereocenters. The topological polar surface area (TPSA) is 84.7 Å². The molecular formula is C23H28FN3O3. The van der Waals surface area contributed by atoms with Crippen molar-refractivity contribution < 1.29 is 18.7 Å². The van der Waals surface area contributed by atoms with E-state index in [2.05, 4.69) is 10.2 Å². The van der Waals surface area contributed by atoms with Crippen LogP contribution in [0.15, 0.2) is 48.5 Å². The summed E-state index contributed by atoms with van der Waals surface area (Å²) in [5.74, 6) is -0.0923. The molecule has 1 aliphatic rings. The van der Waals surface area contributed by atoms with Gasteiger partial charge in [-0.3, -0.25) is 9.59 Å². The number of primary amides is 1. The Morgan fingerprint density at radius 1 is 1.07 bits per heavy atom. The number of carbonyl (C=O) groups excluding carboxylic acids is 2. The fraction of sp³-hybridized carbons (Fsp3) is 0.391. The first-order chi connectivity index (χ1) is 14.5. The van der Waals surface area contributed by atoms with Gasteiger partial charge < -0.3 is 20.7 Å². The van der Waals surface area contributed by atoms with Crippen LogP contribution < -0.4 is 15.8 Å². The van der Waals surface area contributed by atoms with Crippen molar-refractivity contribution in [1.82, 2.24) is 4.90 Å². The summed E-state index contributed by atoms with van der Waals surface area (Å²) in [5.41, 5.74) is 7.32. The van der Waals surface area contributed by atoms with Crippen LogP contribution in [-0.2, 0) is 16.0 Å². The predicted molar refractivity (Wildman–Crippen MR) is 114 cm³/mol. The molecule has 0 saturated carbocycles. The van der Waals surface area contributed by atoms with E-state index in [1.807, 2.05) is 24.3 Å². The molecule has 3 rings (SSSR count). The number of rotatable bonds is 9. The fourth-order valence-corrected chi connectivity index (χ4v) is 3.50. The molecule has 30 heavy (non-hydrogen) atoms. The molecule has 1 saturated heterocycles. The van der Waals surface area contributed by atoms with Gasteiger partial charge in [0.05, 0.1) is 13.0 Å². The highest BCUT2D eigenvalue weighted by molar-refractivity contribution is 5.90. The maximum absolute atomic E-state index is 12.9. The van der Waals surface area contributed by atoms with Gasteiger partial charge in [-0.15, -0.1) is 0 Å². The van der Waals surface area contributed by atoms with Gasteiger partial charge in [-0.2, -0.15) is 0 Å². The predicted octanol–water partition coefficient (Wildman–Crippen LogP) is 2.97. The van der Waals surface area contributed by atoms with Crippen LogP contribution in [0.1, 0.15) is 24.8 Å². The molecule has 0 spiro atoms. The summed E-state index contributed by atoms with van der Waals surface area (Å²) in [7, 11) is 0. The number of nitrogens with one attached hydrogen (secondary N) is 1. The number of anilines is 1. The molecular weight excluding hydrogens is 385 g/mol. The molecule has 3 N–H and O–H groups in total. The number of benzene rings is 2. The van der Waals surface area contributed by atoms with Gasteiger partial charge in [0.25, 0.3) is 0 Å². The SMILES string of the molecule is NC(=O)C1CCN(CCc2ccc(NC(=O)CCOc3ccc(F)cc3)cc2)CC1. The van der Waals surface area contributed by atoms with E-state index in [0.717, 1.165) is 44.6 Å². The van der Waals surface area contributed by atoms with Gasteiger partial charge in [0, 0.05) is 18.2 Å². The van der Waals surface area contributed by atoms with Gasteiger partial charge >= 0.3 is 0 Å². The third-order valence-corrected chi connectivity index (χ3v) is 5.36. The maximum atomic E-state index is 12.9. The van der Waals surface area contributed by atoms with Crippen molar-refractivity contribution in [3.8, 4) is 5.75 Å². The summed E-state index contributed by atoms with van der Waals surface area (Å²) in [4.78, 5) is 25.7. The van der Waals surface area contributed by atoms with Gasteiger partial charge in [-0.25, -0.2) is 4.39 Å². The molecule has 0 aromatic heterocycles. The summed E-state index contributed by atoms with van der Waals surface area (Å²) in [5, 5.41) is 2.85. The maximum Gasteiger partial charge on any atom is 0.227 e. The van der Waals surface area contributed by atoms with E-state index in [1.54, 1.807) is 0 Å². The average molecular weight is 413 g/mol. The zero-order chi connectivity index (χ0) is 21.3. The van der Waals surface area contributed by atoms with E-state index < -0.39 is 0 Å². The number of piperidine rings is 1. The smallest absolute Gasteiger partial charge is 0.227 e. The first-order valence-corrected chi connectivity index (χ1v) is 10.3. The van der Waals surface area contributed by atoms with Crippen molar-refractivity contribution in [2.75, 3.05) is 31.6 Å². The van der Waals surface area contributed by atoms with Gasteiger partial charge in [0.2, 0.25) is 11.8 Å². The van der Waals surface area contributed by atoms with Gasteiger partial charge in [0.15, 0.2) is 0 Å². The minimum Gasteiger partial charge on any atom is -0.493 e. The number of hydrogen-bond acceptors (Lipinski definition) is 4. The molecule has 7 heteroatoms. The van der Waals surface area contributed by atoms with E-state index in [-0.39, 0.29) is 36.6 Å². The molecule has 2 amide bonds. The molecule has 6 nitrogen and oxygen atoms in total. The highest BCUT2D eigenvalue weighted by Crippen LogP contribution is 2.18. The summed E-state index contributed by atoms with van der Waals surface area (Å²) in [6, 6.07) is 13.5. The number of carbonyl (C=O) groups is 2. The largest absolute Gasteiger partial charge is 0.493 e. The van der Waals surface area contributed by atoms with Crippen molar-refractivity contribution in [1.29, 1.82) is 0 Å². The van der Waals surface area contributed by atoms with Crippen molar-refractivity contribution in [3.05, 3.63) is 59.9 Å². The highest BCUT2D eigenvalue weighted by atomic mass is 19.1. The zero-order valence-electron chi connectivity index (χ0n) is 17.0. The molecule has 1 heterocycles. The molecule has 2 aromatic rings. The lowest BCUT2D eigenvalue weighted by Gasteiger charge is -2.30. The summed E-state index contributed by atoms with van der Waals surface area (Å²) in [6.45, 7) is 2.98. The first-order valence-electron chi connectivity index (χ1n) is 10.3. The number of likely N-dealkylation sites (tertiary alicyclic amines) is 1. The zero-order valence-corrected chi connectivity index (χ0v) is 17.0. The van der Waals surface area contributed by atoms with E-state index in [9.17, 15) is 14.0 Å². The second-order valence-electron chi connectivity index (χ2n) is 7.57. The second-order valence-corrected chi connectivity index (χ2v) is 7.57. The van der Waals surface area contributed by atoms with Gasteiger partial charge in [-0.05, 0) is 74.3 Å². The average Bonchev–Trinajstić information content (AvgIpc) is 2.75. The Bertz CT molecular complexity index is 832. The monoisotopic (exact) mass is 413 g/mol. The highest BCUT2D eigenvalue weighted by Gasteiger charge is 2.22.